The van der Waals surface area contributed by atoms with Crippen LogP contribution in [0.5, 0.6) is 0 Å². The number of carbonyl (C=O) groups is 1. The van der Waals surface area contributed by atoms with E-state index in [1.807, 2.05) is 55.5 Å². The van der Waals surface area contributed by atoms with Crippen molar-refractivity contribution in [3.63, 3.8) is 0 Å². The van der Waals surface area contributed by atoms with Gasteiger partial charge in [-0.1, -0.05) is 53.6 Å². The number of anilines is 2. The Hall–Kier alpha value is -4.91. The largest absolute Gasteiger partial charge is 0.468 e. The monoisotopic (exact) mass is 705 g/mol. The highest BCUT2D eigenvalue weighted by Crippen LogP contribution is 2.53. The van der Waals surface area contributed by atoms with Gasteiger partial charge in [-0.15, -0.1) is 0 Å². The third kappa shape index (κ3) is 5.29. The van der Waals surface area contributed by atoms with Crippen LogP contribution in [0.2, 0.25) is 5.02 Å². The highest BCUT2D eigenvalue weighted by atomic mass is 35.5. The van der Waals surface area contributed by atoms with Gasteiger partial charge in [0, 0.05) is 62.5 Å². The van der Waals surface area contributed by atoms with E-state index in [1.165, 1.54) is 17.0 Å². The molecule has 252 valence electrons. The second-order valence-corrected chi connectivity index (χ2v) is 14.8. The second-order valence-electron chi connectivity index (χ2n) is 12.9. The van der Waals surface area contributed by atoms with Gasteiger partial charge in [-0.25, -0.2) is 4.79 Å². The lowest BCUT2D eigenvalue weighted by atomic mass is 10.0. The summed E-state index contributed by atoms with van der Waals surface area (Å²) < 4.78 is 33.6. The topological polar surface area (TPSA) is 95.9 Å². The molecule has 50 heavy (non-hydrogen) atoms. The zero-order chi connectivity index (χ0) is 34.8. The Bertz CT molecular complexity index is 2430. The maximum atomic E-state index is 14.7. The number of halogens is 1. The van der Waals surface area contributed by atoms with Gasteiger partial charge in [0.05, 0.1) is 38.2 Å². The number of fused-ring (bicyclic) bond motifs is 4. The number of benzene rings is 4. The summed E-state index contributed by atoms with van der Waals surface area (Å²) in [7, 11) is -0.865. The van der Waals surface area contributed by atoms with Crippen molar-refractivity contribution in [3.8, 4) is 11.1 Å². The quantitative estimate of drug-likeness (QED) is 0.163. The van der Waals surface area contributed by atoms with E-state index in [0.717, 1.165) is 59.5 Å². The molecule has 2 aliphatic heterocycles. The number of aryl methyl sites for hydroxylation is 1. The summed E-state index contributed by atoms with van der Waals surface area (Å²) >= 11 is 7.01. The molecular formula is C38H34ClN6O4S+. The third-order valence-corrected chi connectivity index (χ3v) is 11.2. The Balaban J connectivity index is 1.36. The van der Waals surface area contributed by atoms with Crippen LogP contribution in [0.4, 0.5) is 27.5 Å². The molecule has 0 bridgehead atoms. The van der Waals surface area contributed by atoms with E-state index >= 15 is 0 Å². The highest BCUT2D eigenvalue weighted by Gasteiger charge is 2.60. The Kier molecular flexibility index (Phi) is 7.85. The summed E-state index contributed by atoms with van der Waals surface area (Å²) in [5.74, 6) is 0. The lowest BCUT2D eigenvalue weighted by Gasteiger charge is -2.35. The molecule has 0 N–H and O–H groups in total. The number of rotatable bonds is 6. The molecule has 8 rings (SSSR count). The van der Waals surface area contributed by atoms with Gasteiger partial charge in [-0.2, -0.15) is 8.42 Å². The van der Waals surface area contributed by atoms with Crippen LogP contribution in [0.3, 0.4) is 0 Å². The number of hydrogen-bond acceptors (Lipinski definition) is 8. The van der Waals surface area contributed by atoms with Crippen molar-refractivity contribution in [2.75, 3.05) is 50.1 Å². The first-order valence-corrected chi connectivity index (χ1v) is 18.1. The molecule has 4 heterocycles. The second kappa shape index (κ2) is 12.1. The number of likely N-dealkylation sites (N-methyl/N-ethyl adjacent to an activating group) is 1. The number of nitrogens with zero attached hydrogens (tertiary/aromatic N) is 6. The van der Waals surface area contributed by atoms with Gasteiger partial charge in [0.15, 0.2) is 5.69 Å². The SMILES string of the molecule is Cc1ccc(S(=O)(=O)O[N+]2(c3ccc(N4CCN(C)CC4)c(Cl)c3)C(=O)N(C)c3cnc4ccc(-c5cnc6ccccc6c5)cc4c32)cc1. The van der Waals surface area contributed by atoms with Crippen LogP contribution >= 0.6 is 11.6 Å². The number of pyridine rings is 2. The highest BCUT2D eigenvalue weighted by molar-refractivity contribution is 7.86. The molecule has 2 aliphatic rings. The van der Waals surface area contributed by atoms with Crippen molar-refractivity contribution in [2.45, 2.75) is 11.8 Å². The Morgan fingerprint density at radius 3 is 2.28 bits per heavy atom. The van der Waals surface area contributed by atoms with Crippen molar-refractivity contribution in [1.29, 1.82) is 0 Å². The van der Waals surface area contributed by atoms with Crippen molar-refractivity contribution in [2.24, 2.45) is 0 Å². The van der Waals surface area contributed by atoms with Crippen LogP contribution in [-0.4, -0.2) is 69.6 Å². The van der Waals surface area contributed by atoms with Gasteiger partial charge in [-0.3, -0.25) is 14.9 Å². The number of amides is 2. The Morgan fingerprint density at radius 1 is 0.780 bits per heavy atom. The van der Waals surface area contributed by atoms with Crippen LogP contribution < -0.4 is 14.4 Å². The summed E-state index contributed by atoms with van der Waals surface area (Å²) in [5.41, 5.74) is 5.75. The fraction of sp³-hybridized carbons (Fsp3) is 0.184. The van der Waals surface area contributed by atoms with Gasteiger partial charge in [0.25, 0.3) is 0 Å². The number of piperazine rings is 1. The first kappa shape index (κ1) is 32.3. The lowest BCUT2D eigenvalue weighted by molar-refractivity contribution is 0.0639. The summed E-state index contributed by atoms with van der Waals surface area (Å²) in [5, 5.41) is 1.90. The van der Waals surface area contributed by atoms with Gasteiger partial charge in [0.2, 0.25) is 5.69 Å². The summed E-state index contributed by atoms with van der Waals surface area (Å²) in [6.45, 7) is 5.18. The molecule has 4 aromatic carbocycles. The molecule has 1 atom stereocenters. The van der Waals surface area contributed by atoms with E-state index in [1.54, 1.807) is 43.7 Å². The smallest absolute Gasteiger partial charge is 0.368 e. The number of urea groups is 1. The Morgan fingerprint density at radius 2 is 1.52 bits per heavy atom. The fourth-order valence-electron chi connectivity index (χ4n) is 6.81. The number of aromatic nitrogens is 2. The molecule has 1 fully saturated rings. The van der Waals surface area contributed by atoms with Crippen molar-refractivity contribution in [1.82, 2.24) is 19.5 Å². The fourth-order valence-corrected chi connectivity index (χ4v) is 8.17. The number of para-hydroxylation sites is 1. The zero-order valence-electron chi connectivity index (χ0n) is 27.7. The molecule has 1 unspecified atom stereocenters. The van der Waals surface area contributed by atoms with Crippen LogP contribution in [-0.2, 0) is 14.4 Å². The predicted octanol–water partition coefficient (Wildman–Crippen LogP) is 7.69. The van der Waals surface area contributed by atoms with Crippen molar-refractivity contribution >= 4 is 72.3 Å². The molecule has 0 spiro atoms. The third-order valence-electron chi connectivity index (χ3n) is 9.64. The van der Waals surface area contributed by atoms with E-state index in [9.17, 15) is 13.2 Å². The molecule has 0 saturated carbocycles. The number of carbonyl (C=O) groups excluding carboxylic acids is 1. The summed E-state index contributed by atoms with van der Waals surface area (Å²) in [4.78, 5) is 29.8. The van der Waals surface area contributed by atoms with E-state index in [0.29, 0.717) is 27.3 Å². The van der Waals surface area contributed by atoms with Crippen LogP contribution in [0.1, 0.15) is 5.56 Å². The molecule has 10 nitrogen and oxygen atoms in total. The van der Waals surface area contributed by atoms with E-state index in [2.05, 4.69) is 32.9 Å². The molecule has 2 amide bonds. The number of quaternary nitrogens is 1. The number of hydroxylamine groups is 1. The van der Waals surface area contributed by atoms with E-state index in [4.69, 9.17) is 15.9 Å². The maximum Gasteiger partial charge on any atom is 0.468 e. The predicted molar refractivity (Wildman–Crippen MR) is 198 cm³/mol. The zero-order valence-corrected chi connectivity index (χ0v) is 29.3. The lowest BCUT2D eigenvalue weighted by Crippen LogP contribution is -2.51. The minimum atomic E-state index is -4.54. The number of hydrogen-bond donors (Lipinski definition) is 0. The van der Waals surface area contributed by atoms with Crippen LogP contribution in [0.15, 0.2) is 108 Å². The van der Waals surface area contributed by atoms with E-state index in [-0.39, 0.29) is 10.6 Å². The molecular weight excluding hydrogens is 672 g/mol. The minimum Gasteiger partial charge on any atom is -0.368 e. The van der Waals surface area contributed by atoms with Gasteiger partial charge >= 0.3 is 16.1 Å². The molecule has 12 heteroatoms. The van der Waals surface area contributed by atoms with Gasteiger partial charge in [-0.05, 0) is 70.9 Å². The molecule has 6 aromatic rings. The van der Waals surface area contributed by atoms with Gasteiger partial charge < -0.3 is 9.80 Å². The van der Waals surface area contributed by atoms with Crippen molar-refractivity contribution in [3.05, 3.63) is 114 Å². The Labute approximate surface area is 295 Å². The van der Waals surface area contributed by atoms with Crippen molar-refractivity contribution < 1.29 is 17.5 Å². The van der Waals surface area contributed by atoms with Crippen LogP contribution in [0, 0.1) is 6.92 Å². The summed E-state index contributed by atoms with van der Waals surface area (Å²) in [6.07, 6.45) is 3.38. The standard InChI is InChI=1S/C38H34ClN6O4S/c1-25-8-12-30(13-9-25)50(47,48)49-45(29-11-15-35(32(39)22-29)44-18-16-42(2)17-19-44)37-31-21-26(28-20-27-6-4-5-7-33(27)40-23-28)10-14-34(31)41-24-36(37)43(3)38(45)46/h4-15,20-24H,16-19H2,1-3H3/q+1. The summed E-state index contributed by atoms with van der Waals surface area (Å²) in [6, 6.07) is 26.5. The van der Waals surface area contributed by atoms with Gasteiger partial charge in [0.1, 0.15) is 5.69 Å². The first-order valence-electron chi connectivity index (χ1n) is 16.3. The average Bonchev–Trinajstić information content (AvgIpc) is 3.34. The average molecular weight is 706 g/mol. The molecule has 1 saturated heterocycles. The van der Waals surface area contributed by atoms with E-state index < -0.39 is 20.8 Å². The first-order chi connectivity index (χ1) is 24.0. The normalized spacial score (nSPS) is 18.3. The minimum absolute atomic E-state index is 0.0778. The molecule has 2 aromatic heterocycles. The van der Waals surface area contributed by atoms with Crippen LogP contribution in [0.25, 0.3) is 32.9 Å². The molecule has 0 radical (unpaired) electrons. The molecule has 0 aliphatic carbocycles. The maximum absolute atomic E-state index is 14.7.